The van der Waals surface area contributed by atoms with Crippen LogP contribution in [0.3, 0.4) is 0 Å². The van der Waals surface area contributed by atoms with Crippen molar-refractivity contribution in [2.45, 2.75) is 57.7 Å². The third-order valence-electron chi connectivity index (χ3n) is 5.93. The quantitative estimate of drug-likeness (QED) is 0.753. The van der Waals surface area contributed by atoms with Gasteiger partial charge in [-0.25, -0.2) is 0 Å². The lowest BCUT2D eigenvalue weighted by molar-refractivity contribution is -0.166. The Bertz CT molecular complexity index is 687. The average Bonchev–Trinajstić information content (AvgIpc) is 2.98. The van der Waals surface area contributed by atoms with Crippen LogP contribution in [-0.4, -0.2) is 78.9 Å². The fourth-order valence-corrected chi connectivity index (χ4v) is 3.97. The third-order valence-corrected chi connectivity index (χ3v) is 5.93. The molecule has 3 rings (SSSR count). The Morgan fingerprint density at radius 1 is 1.29 bits per heavy atom. The van der Waals surface area contributed by atoms with Crippen molar-refractivity contribution >= 4 is 11.8 Å². The van der Waals surface area contributed by atoms with Crippen LogP contribution < -0.4 is 0 Å². The standard InChI is InChI=1S/C20H31N3O5/c1-14-17(15(2)28-21-14)11-18(24)23-8-6-20(7-9-23)12-16(5-10-27-20)26-13-19(25)22(3)4/h16H,5-13H2,1-4H3. The van der Waals surface area contributed by atoms with Gasteiger partial charge in [-0.1, -0.05) is 5.16 Å². The van der Waals surface area contributed by atoms with Gasteiger partial charge >= 0.3 is 0 Å². The van der Waals surface area contributed by atoms with E-state index in [1.54, 1.807) is 14.1 Å². The number of aromatic nitrogens is 1. The molecule has 0 bridgehead atoms. The van der Waals surface area contributed by atoms with Gasteiger partial charge < -0.3 is 23.8 Å². The first kappa shape index (κ1) is 20.8. The molecular weight excluding hydrogens is 362 g/mol. The summed E-state index contributed by atoms with van der Waals surface area (Å²) < 4.78 is 17.1. The van der Waals surface area contributed by atoms with E-state index in [2.05, 4.69) is 5.16 Å². The number of aryl methyl sites for hydroxylation is 2. The number of carbonyl (C=O) groups is 2. The normalized spacial score (nSPS) is 21.7. The molecule has 1 aromatic rings. The van der Waals surface area contributed by atoms with Crippen molar-refractivity contribution < 1.29 is 23.6 Å². The van der Waals surface area contributed by atoms with Gasteiger partial charge in [-0.2, -0.15) is 0 Å². The highest BCUT2D eigenvalue weighted by Crippen LogP contribution is 2.36. The van der Waals surface area contributed by atoms with Crippen LogP contribution in [0.1, 0.15) is 42.7 Å². The highest BCUT2D eigenvalue weighted by Gasteiger charge is 2.41. The van der Waals surface area contributed by atoms with E-state index >= 15 is 0 Å². The van der Waals surface area contributed by atoms with Gasteiger partial charge in [0.1, 0.15) is 12.4 Å². The predicted molar refractivity (Wildman–Crippen MR) is 102 cm³/mol. The van der Waals surface area contributed by atoms with Gasteiger partial charge in [-0.3, -0.25) is 9.59 Å². The highest BCUT2D eigenvalue weighted by atomic mass is 16.5. The molecule has 28 heavy (non-hydrogen) atoms. The van der Waals surface area contributed by atoms with Gasteiger partial charge in [-0.15, -0.1) is 0 Å². The molecule has 2 aliphatic heterocycles. The second-order valence-corrected chi connectivity index (χ2v) is 8.11. The molecule has 8 heteroatoms. The second-order valence-electron chi connectivity index (χ2n) is 8.11. The first-order chi connectivity index (χ1) is 13.3. The number of hydrogen-bond acceptors (Lipinski definition) is 6. The second kappa shape index (κ2) is 8.61. The van der Waals surface area contributed by atoms with E-state index in [0.717, 1.165) is 36.9 Å². The molecule has 1 unspecified atom stereocenters. The van der Waals surface area contributed by atoms with Crippen LogP contribution >= 0.6 is 0 Å². The van der Waals surface area contributed by atoms with Gasteiger partial charge in [0.25, 0.3) is 0 Å². The topological polar surface area (TPSA) is 85.1 Å². The molecule has 0 saturated carbocycles. The molecule has 2 saturated heterocycles. The molecule has 1 aromatic heterocycles. The van der Waals surface area contributed by atoms with E-state index in [9.17, 15) is 9.59 Å². The maximum Gasteiger partial charge on any atom is 0.248 e. The van der Waals surface area contributed by atoms with Crippen molar-refractivity contribution in [2.75, 3.05) is 40.4 Å². The number of likely N-dealkylation sites (tertiary alicyclic amines) is 1. The van der Waals surface area contributed by atoms with Crippen molar-refractivity contribution in [1.29, 1.82) is 0 Å². The van der Waals surface area contributed by atoms with Crippen LogP contribution in [0, 0.1) is 13.8 Å². The number of likely N-dealkylation sites (N-methyl/N-ethyl adjacent to an activating group) is 1. The molecule has 0 radical (unpaired) electrons. The van der Waals surface area contributed by atoms with Crippen LogP contribution in [0.5, 0.6) is 0 Å². The van der Waals surface area contributed by atoms with E-state index in [1.807, 2.05) is 18.7 Å². The minimum atomic E-state index is -0.246. The first-order valence-corrected chi connectivity index (χ1v) is 9.95. The number of carbonyl (C=O) groups excluding carboxylic acids is 2. The molecule has 2 aliphatic rings. The van der Waals surface area contributed by atoms with Crippen LogP contribution in [-0.2, 0) is 25.5 Å². The van der Waals surface area contributed by atoms with E-state index < -0.39 is 0 Å². The first-order valence-electron chi connectivity index (χ1n) is 9.95. The molecule has 156 valence electrons. The van der Waals surface area contributed by atoms with Crippen LogP contribution in [0.25, 0.3) is 0 Å². The molecule has 0 aliphatic carbocycles. The van der Waals surface area contributed by atoms with Crippen molar-refractivity contribution in [3.05, 3.63) is 17.0 Å². The molecule has 2 amide bonds. The summed E-state index contributed by atoms with van der Waals surface area (Å²) in [4.78, 5) is 27.9. The highest BCUT2D eigenvalue weighted by molar-refractivity contribution is 5.79. The lowest BCUT2D eigenvalue weighted by Gasteiger charge is -2.46. The Morgan fingerprint density at radius 3 is 2.61 bits per heavy atom. The summed E-state index contributed by atoms with van der Waals surface area (Å²) in [5, 5.41) is 3.92. The summed E-state index contributed by atoms with van der Waals surface area (Å²) in [5.74, 6) is 0.784. The Balaban J connectivity index is 1.51. The Kier molecular flexibility index (Phi) is 6.40. The zero-order valence-electron chi connectivity index (χ0n) is 17.3. The number of hydrogen-bond donors (Lipinski definition) is 0. The van der Waals surface area contributed by atoms with Crippen LogP contribution in [0.15, 0.2) is 4.52 Å². The number of ether oxygens (including phenoxy) is 2. The fraction of sp³-hybridized carbons (Fsp3) is 0.750. The molecule has 0 N–H and O–H groups in total. The van der Waals surface area contributed by atoms with E-state index in [1.165, 1.54) is 4.90 Å². The zero-order chi connectivity index (χ0) is 20.3. The van der Waals surface area contributed by atoms with E-state index in [0.29, 0.717) is 31.9 Å². The Hall–Kier alpha value is -1.93. The SMILES string of the molecule is Cc1noc(C)c1CC(=O)N1CCC2(CC1)CC(OCC(=O)N(C)C)CCO2. The summed E-state index contributed by atoms with van der Waals surface area (Å²) >= 11 is 0. The predicted octanol–water partition coefficient (Wildman–Crippen LogP) is 1.48. The lowest BCUT2D eigenvalue weighted by atomic mass is 9.83. The molecule has 3 heterocycles. The Labute approximate surface area is 166 Å². The Morgan fingerprint density at radius 2 is 2.00 bits per heavy atom. The molecular formula is C20H31N3O5. The molecule has 8 nitrogen and oxygen atoms in total. The molecule has 0 aromatic carbocycles. The number of rotatable bonds is 5. The van der Waals surface area contributed by atoms with Crippen LogP contribution in [0.4, 0.5) is 0 Å². The van der Waals surface area contributed by atoms with Gasteiger partial charge in [-0.05, 0) is 33.1 Å². The fourth-order valence-electron chi connectivity index (χ4n) is 3.97. The van der Waals surface area contributed by atoms with Gasteiger partial charge in [0, 0.05) is 45.8 Å². The summed E-state index contributed by atoms with van der Waals surface area (Å²) in [6.45, 7) is 5.78. The molecule has 2 fully saturated rings. The smallest absolute Gasteiger partial charge is 0.248 e. The number of piperidine rings is 1. The van der Waals surface area contributed by atoms with E-state index in [4.69, 9.17) is 14.0 Å². The number of amides is 2. The molecule has 1 atom stereocenters. The maximum atomic E-state index is 12.7. The third kappa shape index (κ3) is 4.72. The summed E-state index contributed by atoms with van der Waals surface area (Å²) in [6.07, 6.45) is 3.52. The molecule has 1 spiro atoms. The average molecular weight is 393 g/mol. The largest absolute Gasteiger partial charge is 0.375 e. The minimum absolute atomic E-state index is 0.0275. The van der Waals surface area contributed by atoms with Crippen molar-refractivity contribution in [3.8, 4) is 0 Å². The minimum Gasteiger partial charge on any atom is -0.375 e. The summed E-state index contributed by atoms with van der Waals surface area (Å²) in [7, 11) is 3.46. The number of nitrogens with zero attached hydrogens (tertiary/aromatic N) is 3. The van der Waals surface area contributed by atoms with Gasteiger partial charge in [0.15, 0.2) is 0 Å². The maximum absolute atomic E-state index is 12.7. The summed E-state index contributed by atoms with van der Waals surface area (Å²) in [5.41, 5.74) is 1.42. The van der Waals surface area contributed by atoms with Crippen LogP contribution in [0.2, 0.25) is 0 Å². The van der Waals surface area contributed by atoms with Crippen molar-refractivity contribution in [1.82, 2.24) is 15.0 Å². The van der Waals surface area contributed by atoms with Gasteiger partial charge in [0.2, 0.25) is 11.8 Å². The van der Waals surface area contributed by atoms with E-state index in [-0.39, 0.29) is 30.1 Å². The van der Waals surface area contributed by atoms with Crippen molar-refractivity contribution in [2.24, 2.45) is 0 Å². The zero-order valence-corrected chi connectivity index (χ0v) is 17.3. The summed E-state index contributed by atoms with van der Waals surface area (Å²) in [6, 6.07) is 0. The lowest BCUT2D eigenvalue weighted by Crippen LogP contribution is -2.52. The van der Waals surface area contributed by atoms with Gasteiger partial charge in [0.05, 0.1) is 23.8 Å². The van der Waals surface area contributed by atoms with Crippen molar-refractivity contribution in [3.63, 3.8) is 0 Å². The monoisotopic (exact) mass is 393 g/mol.